The summed E-state index contributed by atoms with van der Waals surface area (Å²) < 4.78 is 1.96. The van der Waals surface area contributed by atoms with Gasteiger partial charge < -0.3 is 0 Å². The lowest BCUT2D eigenvalue weighted by Crippen LogP contribution is -1.99. The van der Waals surface area contributed by atoms with Gasteiger partial charge in [0.05, 0.1) is 11.4 Å². The van der Waals surface area contributed by atoms with Crippen LogP contribution in [0.2, 0.25) is 0 Å². The third kappa shape index (κ3) is 2.06. The van der Waals surface area contributed by atoms with Crippen molar-refractivity contribution in [1.82, 2.24) is 14.8 Å². The first-order valence-electron chi connectivity index (χ1n) is 5.27. The quantitative estimate of drug-likeness (QED) is 0.764. The molecule has 0 aliphatic carbocycles. The fraction of sp³-hybridized carbons (Fsp3) is 0.333. The fourth-order valence-electron chi connectivity index (χ4n) is 1.66. The number of rotatable bonds is 3. The lowest BCUT2D eigenvalue weighted by atomic mass is 10.2. The van der Waals surface area contributed by atoms with Crippen molar-refractivity contribution in [1.29, 1.82) is 0 Å². The van der Waals surface area contributed by atoms with Crippen LogP contribution in [0, 0.1) is 6.92 Å². The summed E-state index contributed by atoms with van der Waals surface area (Å²) in [6, 6.07) is 6.08. The monoisotopic (exact) mass is 201 g/mol. The fourth-order valence-corrected chi connectivity index (χ4v) is 1.66. The Hall–Kier alpha value is -1.64. The molecular weight excluding hydrogens is 186 g/mol. The standard InChI is InChI=1S/C12H15N3/c1-3-4-11-9-10(2)15(14-11)12-5-7-13-8-6-12/h5-9H,3-4H2,1-2H3. The molecule has 0 aliphatic heterocycles. The lowest BCUT2D eigenvalue weighted by Gasteiger charge is -2.02. The first-order valence-corrected chi connectivity index (χ1v) is 5.27. The summed E-state index contributed by atoms with van der Waals surface area (Å²) in [4.78, 5) is 4.00. The maximum atomic E-state index is 4.56. The van der Waals surface area contributed by atoms with E-state index in [-0.39, 0.29) is 0 Å². The Labute approximate surface area is 89.8 Å². The molecule has 0 saturated carbocycles. The zero-order valence-electron chi connectivity index (χ0n) is 9.14. The molecule has 0 fully saturated rings. The van der Waals surface area contributed by atoms with Gasteiger partial charge in [0.2, 0.25) is 0 Å². The summed E-state index contributed by atoms with van der Waals surface area (Å²) in [7, 11) is 0. The highest BCUT2D eigenvalue weighted by Crippen LogP contribution is 2.11. The maximum Gasteiger partial charge on any atom is 0.0679 e. The van der Waals surface area contributed by atoms with Crippen LogP contribution in [-0.4, -0.2) is 14.8 Å². The molecule has 3 nitrogen and oxygen atoms in total. The topological polar surface area (TPSA) is 30.7 Å². The minimum Gasteiger partial charge on any atom is -0.265 e. The zero-order chi connectivity index (χ0) is 10.7. The van der Waals surface area contributed by atoms with E-state index in [4.69, 9.17) is 0 Å². The molecule has 15 heavy (non-hydrogen) atoms. The van der Waals surface area contributed by atoms with Crippen molar-refractivity contribution < 1.29 is 0 Å². The molecule has 0 unspecified atom stereocenters. The summed E-state index contributed by atoms with van der Waals surface area (Å²) >= 11 is 0. The summed E-state index contributed by atoms with van der Waals surface area (Å²) in [5.74, 6) is 0. The van der Waals surface area contributed by atoms with Crippen molar-refractivity contribution >= 4 is 0 Å². The largest absolute Gasteiger partial charge is 0.265 e. The molecule has 0 aromatic carbocycles. The minimum absolute atomic E-state index is 1.04. The summed E-state index contributed by atoms with van der Waals surface area (Å²) in [6.45, 7) is 4.24. The maximum absolute atomic E-state index is 4.56. The molecule has 0 amide bonds. The molecule has 0 saturated heterocycles. The van der Waals surface area contributed by atoms with Gasteiger partial charge in [-0.25, -0.2) is 4.68 Å². The molecule has 0 N–H and O–H groups in total. The molecular formula is C12H15N3. The van der Waals surface area contributed by atoms with Crippen LogP contribution in [0.5, 0.6) is 0 Å². The molecule has 3 heteroatoms. The molecule has 78 valence electrons. The van der Waals surface area contributed by atoms with Crippen LogP contribution in [-0.2, 0) is 6.42 Å². The van der Waals surface area contributed by atoms with Crippen molar-refractivity contribution in [2.75, 3.05) is 0 Å². The second-order valence-electron chi connectivity index (χ2n) is 3.64. The SMILES string of the molecule is CCCc1cc(C)n(-c2ccncc2)n1. The van der Waals surface area contributed by atoms with Crippen LogP contribution in [0.25, 0.3) is 5.69 Å². The highest BCUT2D eigenvalue weighted by atomic mass is 15.3. The van der Waals surface area contributed by atoms with Gasteiger partial charge in [0.15, 0.2) is 0 Å². The Morgan fingerprint density at radius 2 is 2.00 bits per heavy atom. The van der Waals surface area contributed by atoms with Gasteiger partial charge in [0.1, 0.15) is 0 Å². The normalized spacial score (nSPS) is 10.5. The molecule has 0 aliphatic rings. The zero-order valence-corrected chi connectivity index (χ0v) is 9.14. The molecule has 2 rings (SSSR count). The molecule has 0 radical (unpaired) electrons. The Kier molecular flexibility index (Phi) is 2.81. The van der Waals surface area contributed by atoms with Crippen LogP contribution in [0.4, 0.5) is 0 Å². The summed E-state index contributed by atoms with van der Waals surface area (Å²) in [5.41, 5.74) is 3.40. The average Bonchev–Trinajstić information content (AvgIpc) is 2.61. The van der Waals surface area contributed by atoms with Crippen LogP contribution in [0.3, 0.4) is 0 Å². The van der Waals surface area contributed by atoms with Gasteiger partial charge in [-0.3, -0.25) is 4.98 Å². The number of nitrogens with zero attached hydrogens (tertiary/aromatic N) is 3. The smallest absolute Gasteiger partial charge is 0.0679 e. The second-order valence-corrected chi connectivity index (χ2v) is 3.64. The molecule has 0 bridgehead atoms. The Bertz CT molecular complexity index is 431. The molecule has 2 aromatic rings. The van der Waals surface area contributed by atoms with E-state index in [1.54, 1.807) is 12.4 Å². The first-order chi connectivity index (χ1) is 7.31. The number of hydrogen-bond donors (Lipinski definition) is 0. The predicted molar refractivity (Wildman–Crippen MR) is 60.1 cm³/mol. The van der Waals surface area contributed by atoms with Gasteiger partial charge >= 0.3 is 0 Å². The van der Waals surface area contributed by atoms with Gasteiger partial charge in [0.25, 0.3) is 0 Å². The molecule has 0 spiro atoms. The van der Waals surface area contributed by atoms with Gasteiger partial charge in [-0.05, 0) is 31.5 Å². The highest BCUT2D eigenvalue weighted by Gasteiger charge is 2.04. The number of pyridine rings is 1. The van der Waals surface area contributed by atoms with Gasteiger partial charge in [-0.1, -0.05) is 13.3 Å². The Morgan fingerprint density at radius 3 is 2.67 bits per heavy atom. The molecule has 0 atom stereocenters. The third-order valence-electron chi connectivity index (χ3n) is 2.35. The van der Waals surface area contributed by atoms with E-state index >= 15 is 0 Å². The Morgan fingerprint density at radius 1 is 1.27 bits per heavy atom. The van der Waals surface area contributed by atoms with E-state index in [1.165, 1.54) is 5.69 Å². The Balaban J connectivity index is 2.36. The van der Waals surface area contributed by atoms with E-state index in [9.17, 15) is 0 Å². The lowest BCUT2D eigenvalue weighted by molar-refractivity contribution is 0.792. The van der Waals surface area contributed by atoms with Crippen LogP contribution in [0.15, 0.2) is 30.6 Å². The van der Waals surface area contributed by atoms with Crippen LogP contribution < -0.4 is 0 Å². The van der Waals surface area contributed by atoms with Crippen LogP contribution >= 0.6 is 0 Å². The summed E-state index contributed by atoms with van der Waals surface area (Å²) in [5, 5.41) is 4.56. The third-order valence-corrected chi connectivity index (χ3v) is 2.35. The van der Waals surface area contributed by atoms with Crippen molar-refractivity contribution in [2.45, 2.75) is 26.7 Å². The number of aromatic nitrogens is 3. The molecule has 2 aromatic heterocycles. The van der Waals surface area contributed by atoms with Crippen molar-refractivity contribution in [3.05, 3.63) is 42.0 Å². The van der Waals surface area contributed by atoms with Crippen LogP contribution in [0.1, 0.15) is 24.7 Å². The van der Waals surface area contributed by atoms with Gasteiger partial charge in [-0.15, -0.1) is 0 Å². The number of hydrogen-bond acceptors (Lipinski definition) is 2. The van der Waals surface area contributed by atoms with Gasteiger partial charge in [-0.2, -0.15) is 5.10 Å². The summed E-state index contributed by atoms with van der Waals surface area (Å²) in [6.07, 6.45) is 5.75. The van der Waals surface area contributed by atoms with Gasteiger partial charge in [0, 0.05) is 18.1 Å². The van der Waals surface area contributed by atoms with E-state index in [2.05, 4.69) is 30.0 Å². The number of aryl methyl sites for hydroxylation is 2. The molecule has 2 heterocycles. The second kappa shape index (κ2) is 4.26. The average molecular weight is 201 g/mol. The van der Waals surface area contributed by atoms with E-state index in [1.807, 2.05) is 16.8 Å². The minimum atomic E-state index is 1.04. The van der Waals surface area contributed by atoms with E-state index < -0.39 is 0 Å². The van der Waals surface area contributed by atoms with Crippen molar-refractivity contribution in [3.8, 4) is 5.69 Å². The highest BCUT2D eigenvalue weighted by molar-refractivity contribution is 5.31. The van der Waals surface area contributed by atoms with Crippen molar-refractivity contribution in [3.63, 3.8) is 0 Å². The predicted octanol–water partition coefficient (Wildman–Crippen LogP) is 2.53. The van der Waals surface area contributed by atoms with Crippen molar-refractivity contribution in [2.24, 2.45) is 0 Å². The van der Waals surface area contributed by atoms with E-state index in [0.29, 0.717) is 0 Å². The first kappa shape index (κ1) is 9.90. The van der Waals surface area contributed by atoms with E-state index in [0.717, 1.165) is 24.2 Å².